The number of methoxy groups -OCH3 is 1. The van der Waals surface area contributed by atoms with E-state index in [4.69, 9.17) is 4.74 Å². The number of hydrogen-bond acceptors (Lipinski definition) is 4. The minimum atomic E-state index is -1.03. The summed E-state index contributed by atoms with van der Waals surface area (Å²) in [6.07, 6.45) is 0.500. The van der Waals surface area contributed by atoms with E-state index in [-0.39, 0.29) is 11.6 Å². The van der Waals surface area contributed by atoms with Crippen molar-refractivity contribution in [2.24, 2.45) is 0 Å². The highest BCUT2D eigenvalue weighted by molar-refractivity contribution is 5.96. The molecule has 0 spiro atoms. The van der Waals surface area contributed by atoms with Gasteiger partial charge in [-0.15, -0.1) is 0 Å². The number of benzene rings is 1. The van der Waals surface area contributed by atoms with Gasteiger partial charge in [-0.3, -0.25) is 0 Å². The highest BCUT2D eigenvalue weighted by atomic mass is 16.5. The van der Waals surface area contributed by atoms with Crippen molar-refractivity contribution in [2.75, 3.05) is 7.11 Å². The zero-order valence-corrected chi connectivity index (χ0v) is 10.8. The van der Waals surface area contributed by atoms with Gasteiger partial charge in [0.05, 0.1) is 18.5 Å². The van der Waals surface area contributed by atoms with Crippen molar-refractivity contribution in [3.05, 3.63) is 41.6 Å². The van der Waals surface area contributed by atoms with E-state index in [1.807, 2.05) is 37.3 Å². The second kappa shape index (κ2) is 5.48. The monoisotopic (exact) mass is 258 g/mol. The molecule has 0 unspecified atom stereocenters. The third-order valence-corrected chi connectivity index (χ3v) is 2.74. The molecule has 5 heteroatoms. The summed E-state index contributed by atoms with van der Waals surface area (Å²) in [5, 5.41) is 9.38. The summed E-state index contributed by atoms with van der Waals surface area (Å²) >= 11 is 0. The molecular formula is C14H14N2O3. The van der Waals surface area contributed by atoms with E-state index in [1.54, 1.807) is 0 Å². The molecule has 0 atom stereocenters. The molecular weight excluding hydrogens is 244 g/mol. The molecule has 0 radical (unpaired) electrons. The largest absolute Gasteiger partial charge is 0.478 e. The molecule has 1 aromatic heterocycles. The van der Waals surface area contributed by atoms with Crippen LogP contribution in [-0.4, -0.2) is 28.2 Å². The van der Waals surface area contributed by atoms with Crippen LogP contribution in [0.3, 0.4) is 0 Å². The molecule has 2 aromatic rings. The molecule has 0 fully saturated rings. The summed E-state index contributed by atoms with van der Waals surface area (Å²) in [5.74, 6) is -1.03. The molecule has 0 saturated heterocycles. The topological polar surface area (TPSA) is 72.3 Å². The zero-order valence-electron chi connectivity index (χ0n) is 10.8. The average molecular weight is 258 g/mol. The first-order valence-electron chi connectivity index (χ1n) is 5.91. The maximum atomic E-state index is 11.5. The lowest BCUT2D eigenvalue weighted by Gasteiger charge is -2.11. The molecule has 2 rings (SSSR count). The van der Waals surface area contributed by atoms with Crippen LogP contribution in [0.1, 0.15) is 23.0 Å². The number of nitrogens with zero attached hydrogens (tertiary/aromatic N) is 2. The minimum absolute atomic E-state index is 0.134. The van der Waals surface area contributed by atoms with E-state index in [1.165, 1.54) is 7.11 Å². The molecule has 0 saturated carbocycles. The quantitative estimate of drug-likeness (QED) is 0.911. The van der Waals surface area contributed by atoms with Gasteiger partial charge in [0.15, 0.2) is 0 Å². The number of aryl methyl sites for hydroxylation is 1. The van der Waals surface area contributed by atoms with E-state index in [0.717, 1.165) is 5.56 Å². The lowest BCUT2D eigenvalue weighted by molar-refractivity contribution is 0.0695. The Hall–Kier alpha value is -2.43. The Bertz CT molecular complexity index is 597. The SMILES string of the molecule is CCc1nc(OC)nc(-c2ccccc2)c1C(=O)O. The lowest BCUT2D eigenvalue weighted by atomic mass is 10.0. The fourth-order valence-corrected chi connectivity index (χ4v) is 1.86. The molecule has 5 nitrogen and oxygen atoms in total. The van der Waals surface area contributed by atoms with Crippen molar-refractivity contribution in [1.29, 1.82) is 0 Å². The maximum absolute atomic E-state index is 11.5. The molecule has 1 heterocycles. The van der Waals surface area contributed by atoms with Crippen molar-refractivity contribution >= 4 is 5.97 Å². The van der Waals surface area contributed by atoms with E-state index >= 15 is 0 Å². The second-order valence-corrected chi connectivity index (χ2v) is 3.91. The summed E-state index contributed by atoms with van der Waals surface area (Å²) in [6.45, 7) is 1.85. The Morgan fingerprint density at radius 3 is 2.47 bits per heavy atom. The lowest BCUT2D eigenvalue weighted by Crippen LogP contribution is -2.10. The van der Waals surface area contributed by atoms with Gasteiger partial charge in [0, 0.05) is 5.56 Å². The maximum Gasteiger partial charge on any atom is 0.339 e. The Labute approximate surface area is 110 Å². The number of aromatic nitrogens is 2. The van der Waals surface area contributed by atoms with Gasteiger partial charge in [0.2, 0.25) is 0 Å². The predicted octanol–water partition coefficient (Wildman–Crippen LogP) is 2.41. The van der Waals surface area contributed by atoms with Crippen LogP contribution in [0.25, 0.3) is 11.3 Å². The van der Waals surface area contributed by atoms with Gasteiger partial charge in [-0.25, -0.2) is 4.79 Å². The number of ether oxygens (including phenoxy) is 1. The highest BCUT2D eigenvalue weighted by Crippen LogP contribution is 2.26. The fraction of sp³-hybridized carbons (Fsp3) is 0.214. The summed E-state index contributed by atoms with van der Waals surface area (Å²) in [6, 6.07) is 9.34. The van der Waals surface area contributed by atoms with Gasteiger partial charge in [-0.1, -0.05) is 37.3 Å². The first-order valence-corrected chi connectivity index (χ1v) is 5.91. The molecule has 0 aliphatic heterocycles. The summed E-state index contributed by atoms with van der Waals surface area (Å²) in [7, 11) is 1.46. The van der Waals surface area contributed by atoms with Gasteiger partial charge >= 0.3 is 12.0 Å². The van der Waals surface area contributed by atoms with Crippen LogP contribution < -0.4 is 4.74 Å². The second-order valence-electron chi connectivity index (χ2n) is 3.91. The first-order chi connectivity index (χ1) is 9.17. The molecule has 0 aliphatic carbocycles. The van der Waals surface area contributed by atoms with Crippen LogP contribution in [0, 0.1) is 0 Å². The number of rotatable bonds is 4. The Morgan fingerprint density at radius 2 is 1.95 bits per heavy atom. The van der Waals surface area contributed by atoms with Crippen molar-refractivity contribution in [2.45, 2.75) is 13.3 Å². The van der Waals surface area contributed by atoms with Gasteiger partial charge in [-0.2, -0.15) is 9.97 Å². The van der Waals surface area contributed by atoms with E-state index < -0.39 is 5.97 Å². The highest BCUT2D eigenvalue weighted by Gasteiger charge is 2.20. The average Bonchev–Trinajstić information content (AvgIpc) is 2.46. The van der Waals surface area contributed by atoms with Crippen LogP contribution >= 0.6 is 0 Å². The van der Waals surface area contributed by atoms with E-state index in [9.17, 15) is 9.90 Å². The van der Waals surface area contributed by atoms with Gasteiger partial charge in [0.1, 0.15) is 5.56 Å². The van der Waals surface area contributed by atoms with Crippen LogP contribution in [0.5, 0.6) is 6.01 Å². The number of carboxylic acids is 1. The normalized spacial score (nSPS) is 10.2. The number of carbonyl (C=O) groups is 1. The molecule has 0 amide bonds. The Balaban J connectivity index is 2.73. The fourth-order valence-electron chi connectivity index (χ4n) is 1.86. The van der Waals surface area contributed by atoms with Crippen LogP contribution in [-0.2, 0) is 6.42 Å². The third-order valence-electron chi connectivity index (χ3n) is 2.74. The Morgan fingerprint density at radius 1 is 1.26 bits per heavy atom. The van der Waals surface area contributed by atoms with Crippen molar-refractivity contribution in [3.8, 4) is 17.3 Å². The third kappa shape index (κ3) is 2.54. The first kappa shape index (κ1) is 13.0. The molecule has 1 aromatic carbocycles. The number of carboxylic acid groups (broad SMARTS) is 1. The van der Waals surface area contributed by atoms with Crippen molar-refractivity contribution in [3.63, 3.8) is 0 Å². The number of aromatic carboxylic acids is 1. The van der Waals surface area contributed by atoms with Crippen LogP contribution in [0.2, 0.25) is 0 Å². The van der Waals surface area contributed by atoms with Crippen LogP contribution in [0.15, 0.2) is 30.3 Å². The van der Waals surface area contributed by atoms with Crippen molar-refractivity contribution < 1.29 is 14.6 Å². The van der Waals surface area contributed by atoms with Crippen molar-refractivity contribution in [1.82, 2.24) is 9.97 Å². The molecule has 0 bridgehead atoms. The summed E-state index contributed by atoms with van der Waals surface area (Å²) < 4.78 is 5.04. The summed E-state index contributed by atoms with van der Waals surface area (Å²) in [4.78, 5) is 19.7. The van der Waals surface area contributed by atoms with Crippen LogP contribution in [0.4, 0.5) is 0 Å². The predicted molar refractivity (Wildman–Crippen MR) is 70.4 cm³/mol. The van der Waals surface area contributed by atoms with Gasteiger partial charge in [-0.05, 0) is 6.42 Å². The molecule has 0 aliphatic rings. The molecule has 98 valence electrons. The number of hydrogen-bond donors (Lipinski definition) is 1. The molecule has 1 N–H and O–H groups in total. The zero-order chi connectivity index (χ0) is 13.8. The molecule has 19 heavy (non-hydrogen) atoms. The smallest absolute Gasteiger partial charge is 0.339 e. The summed E-state index contributed by atoms with van der Waals surface area (Å²) in [5.41, 5.74) is 1.72. The van der Waals surface area contributed by atoms with Gasteiger partial charge < -0.3 is 9.84 Å². The minimum Gasteiger partial charge on any atom is -0.478 e. The standard InChI is InChI=1S/C14H14N2O3/c1-3-10-11(13(17)18)12(16-14(15-10)19-2)9-7-5-4-6-8-9/h4-8H,3H2,1-2H3,(H,17,18). The Kier molecular flexibility index (Phi) is 3.75. The van der Waals surface area contributed by atoms with Gasteiger partial charge in [0.25, 0.3) is 0 Å². The van der Waals surface area contributed by atoms with E-state index in [2.05, 4.69) is 9.97 Å². The van der Waals surface area contributed by atoms with E-state index in [0.29, 0.717) is 17.8 Å².